The van der Waals surface area contributed by atoms with Gasteiger partial charge in [0.05, 0.1) is 12.2 Å². The van der Waals surface area contributed by atoms with Crippen molar-refractivity contribution in [2.45, 2.75) is 225 Å². The maximum Gasteiger partial charge on any atom is 2.00 e. The number of carbonyl (C=O) groups excluding carboxylic acids is 4. The summed E-state index contributed by atoms with van der Waals surface area (Å²) in [6.07, 6.45) is 19.4. The topological polar surface area (TPSA) is 155 Å². The van der Waals surface area contributed by atoms with Crippen molar-refractivity contribution in [1.82, 2.24) is 0 Å². The molecule has 2 N–H and O–H groups in total. The van der Waals surface area contributed by atoms with Gasteiger partial charge in [0.25, 0.3) is 0 Å². The summed E-state index contributed by atoms with van der Waals surface area (Å²) in [6.45, 7) is 31.4. The molecule has 10 aliphatic rings. The molecule has 380 valence electrons. The van der Waals surface area contributed by atoms with Crippen LogP contribution in [0.3, 0.4) is 0 Å². The molecule has 0 aliphatic heterocycles. The van der Waals surface area contributed by atoms with Gasteiger partial charge in [-0.1, -0.05) is 108 Å². The van der Waals surface area contributed by atoms with E-state index in [1.54, 1.807) is 0 Å². The van der Waals surface area contributed by atoms with Gasteiger partial charge in [0.15, 0.2) is 11.6 Å². The van der Waals surface area contributed by atoms with E-state index in [2.05, 4.69) is 83.1 Å². The molecule has 0 aromatic heterocycles. The van der Waals surface area contributed by atoms with Crippen molar-refractivity contribution in [1.29, 1.82) is 0 Å². The maximum atomic E-state index is 14.2. The van der Waals surface area contributed by atoms with E-state index >= 15 is 0 Å². The molecule has 0 spiro atoms. The number of aliphatic hydroxyl groups is 2. The molecule has 10 aliphatic carbocycles. The van der Waals surface area contributed by atoms with Crippen molar-refractivity contribution < 1.29 is 39.6 Å². The van der Waals surface area contributed by atoms with Crippen molar-refractivity contribution in [2.75, 3.05) is 0 Å². The largest absolute Gasteiger partial charge is 2.00 e. The molecule has 0 radical (unpaired) electrons. The summed E-state index contributed by atoms with van der Waals surface area (Å²) in [7, 11) is 0. The molecular weight excluding hydrogens is 873 g/mol. The van der Waals surface area contributed by atoms with E-state index in [9.17, 15) is 39.6 Å². The summed E-state index contributed by atoms with van der Waals surface area (Å²) >= 11 is 0. The van der Waals surface area contributed by atoms with Gasteiger partial charge in [-0.05, 0) is 206 Å². The van der Waals surface area contributed by atoms with Gasteiger partial charge in [-0.3, -0.25) is 9.59 Å². The molecular formula is C60H90MgO8. The van der Waals surface area contributed by atoms with Crippen LogP contribution >= 0.6 is 0 Å². The van der Waals surface area contributed by atoms with Gasteiger partial charge in [0.2, 0.25) is 0 Å². The number of carbonyl (C=O) groups is 4. The van der Waals surface area contributed by atoms with Crippen LogP contribution in [0.25, 0.3) is 0 Å². The minimum atomic E-state index is -0.940. The second kappa shape index (κ2) is 16.2. The van der Waals surface area contributed by atoms with Gasteiger partial charge in [-0.25, -0.2) is 0 Å². The first-order valence-corrected chi connectivity index (χ1v) is 27.4. The Morgan fingerprint density at radius 3 is 1.12 bits per heavy atom. The number of rotatable bonds is 2. The van der Waals surface area contributed by atoms with Gasteiger partial charge in [0, 0.05) is 34.6 Å². The third kappa shape index (κ3) is 7.01. The first-order valence-electron chi connectivity index (χ1n) is 27.4. The Morgan fingerprint density at radius 1 is 0.478 bits per heavy atom. The quantitative estimate of drug-likeness (QED) is 0.260. The van der Waals surface area contributed by atoms with Crippen molar-refractivity contribution in [2.24, 2.45) is 100 Å². The van der Waals surface area contributed by atoms with E-state index < -0.39 is 22.8 Å². The number of carboxylic acid groups (broad SMARTS) is 2. The number of allylic oxidation sites excluding steroid dienone is 4. The number of aliphatic hydroxyl groups excluding tert-OH is 2. The summed E-state index contributed by atoms with van der Waals surface area (Å²) in [6, 6.07) is 0. The minimum absolute atomic E-state index is 0. The molecule has 0 unspecified atom stereocenters. The van der Waals surface area contributed by atoms with Crippen molar-refractivity contribution in [3.63, 3.8) is 0 Å². The fourth-order valence-corrected chi connectivity index (χ4v) is 20.7. The number of hydrogen-bond donors (Lipinski definition) is 2. The molecule has 0 aromatic rings. The summed E-state index contributed by atoms with van der Waals surface area (Å²) in [5, 5.41) is 46.0. The zero-order valence-corrected chi connectivity index (χ0v) is 47.0. The smallest absolute Gasteiger partial charge is 0.550 e. The van der Waals surface area contributed by atoms with Gasteiger partial charge >= 0.3 is 23.1 Å². The molecule has 0 amide bonds. The van der Waals surface area contributed by atoms with Gasteiger partial charge in [-0.15, -0.1) is 0 Å². The van der Waals surface area contributed by atoms with Crippen molar-refractivity contribution in [3.05, 3.63) is 23.3 Å². The molecule has 10 rings (SSSR count). The number of aliphatic carboxylic acids is 2. The molecule has 18 atom stereocenters. The average Bonchev–Trinajstić information content (AvgIpc) is 3.24. The van der Waals surface area contributed by atoms with E-state index in [4.69, 9.17) is 0 Å². The Balaban J connectivity index is 0.000000183. The van der Waals surface area contributed by atoms with Crippen molar-refractivity contribution >= 4 is 46.6 Å². The molecule has 8 nitrogen and oxygen atoms in total. The standard InChI is InChI=1S/2C30H46O4.Mg/c2*1-25(2)21-8-11-30(7)23(28(21,5)10-9-22(25)32)20(31)16-18-19-17-27(4,24(33)34)13-12-26(19,3)14-15-29(18,30)6;/h2*16,19,21-23,32H,8-15,17H2,1-7H3,(H,33,34);/q;;+2/p-2/t2*19-,21-,22-,23+,26+,27-,28-,29+,30+;/m00./s1. The molecule has 0 bridgehead atoms. The van der Waals surface area contributed by atoms with E-state index in [1.807, 2.05) is 26.0 Å². The van der Waals surface area contributed by atoms with E-state index in [0.717, 1.165) is 89.9 Å². The zero-order valence-electron chi connectivity index (χ0n) is 45.6. The first kappa shape index (κ1) is 53.7. The second-order valence-corrected chi connectivity index (χ2v) is 29.8. The third-order valence-corrected chi connectivity index (χ3v) is 26.1. The Hall–Kier alpha value is -1.55. The summed E-state index contributed by atoms with van der Waals surface area (Å²) in [4.78, 5) is 52.6. The summed E-state index contributed by atoms with van der Waals surface area (Å²) in [5.74, 6) is -0.532. The Bertz CT molecular complexity index is 2090. The van der Waals surface area contributed by atoms with Crippen LogP contribution in [0.15, 0.2) is 23.3 Å². The van der Waals surface area contributed by atoms with Gasteiger partial charge in [-0.2, -0.15) is 0 Å². The number of ketones is 2. The molecule has 8 fully saturated rings. The van der Waals surface area contributed by atoms with Crippen LogP contribution in [-0.2, 0) is 19.2 Å². The minimum Gasteiger partial charge on any atom is -0.550 e. The molecule has 0 heterocycles. The molecule has 8 saturated carbocycles. The molecule has 0 saturated heterocycles. The molecule has 0 aromatic carbocycles. The number of hydrogen-bond acceptors (Lipinski definition) is 8. The van der Waals surface area contributed by atoms with E-state index in [0.29, 0.717) is 37.5 Å². The fourth-order valence-electron chi connectivity index (χ4n) is 20.7. The molecule has 69 heavy (non-hydrogen) atoms. The van der Waals surface area contributed by atoms with Crippen LogP contribution in [0.2, 0.25) is 0 Å². The predicted molar refractivity (Wildman–Crippen MR) is 267 cm³/mol. The monoisotopic (exact) mass is 963 g/mol. The normalized spacial score (nSPS) is 53.3. The predicted octanol–water partition coefficient (Wildman–Crippen LogP) is 9.78. The van der Waals surface area contributed by atoms with Crippen LogP contribution in [0.4, 0.5) is 0 Å². The van der Waals surface area contributed by atoms with Gasteiger partial charge < -0.3 is 30.0 Å². The summed E-state index contributed by atoms with van der Waals surface area (Å²) in [5.41, 5.74) is -0.156. The second-order valence-electron chi connectivity index (χ2n) is 29.8. The number of carboxylic acids is 2. The first-order chi connectivity index (χ1) is 31.1. The van der Waals surface area contributed by atoms with Crippen LogP contribution in [-0.4, -0.2) is 69.0 Å². The Kier molecular flexibility index (Phi) is 12.6. The van der Waals surface area contributed by atoms with E-state index in [-0.39, 0.29) is 125 Å². The van der Waals surface area contributed by atoms with Gasteiger partial charge in [0.1, 0.15) is 0 Å². The van der Waals surface area contributed by atoms with Crippen LogP contribution in [0.5, 0.6) is 0 Å². The third-order valence-electron chi connectivity index (χ3n) is 26.1. The zero-order chi connectivity index (χ0) is 50.2. The SMILES string of the molecule is CC1(C)[C@@H](O)CC[C@]2(C)[C@H]3C(=O)C=C4[C@@H]5C[C@@](C)(C(=O)[O-])CC[C@]5(C)CC[C@@]4(C)[C@]3(C)CC[C@@H]12.CC1(C)[C@@H](O)CC[C@]2(C)[C@H]3C(=O)C=C4[C@@H]5C[C@@](C)(C(=O)[O-])CC[C@]5(C)CC[C@@]4(C)[C@]3(C)CC[C@@H]12.[Mg+2]. The average molecular weight is 964 g/mol. The van der Waals surface area contributed by atoms with Crippen molar-refractivity contribution in [3.8, 4) is 0 Å². The summed E-state index contributed by atoms with van der Waals surface area (Å²) < 4.78 is 0. The Labute approximate surface area is 432 Å². The Morgan fingerprint density at radius 2 is 0.797 bits per heavy atom. The van der Waals surface area contributed by atoms with Crippen LogP contribution < -0.4 is 10.2 Å². The fraction of sp³-hybridized carbons (Fsp3) is 0.867. The maximum absolute atomic E-state index is 14.2. The number of fused-ring (bicyclic) bond motifs is 14. The molecule has 9 heteroatoms. The van der Waals surface area contributed by atoms with E-state index in [1.165, 1.54) is 11.1 Å². The van der Waals surface area contributed by atoms with Crippen LogP contribution in [0, 0.1) is 100 Å². The van der Waals surface area contributed by atoms with Crippen LogP contribution in [0.1, 0.15) is 213 Å².